The number of esters is 1. The number of fused-ring (bicyclic) bond motifs is 2. The van der Waals surface area contributed by atoms with Gasteiger partial charge in [-0.1, -0.05) is 53.6 Å². The second kappa shape index (κ2) is 8.44. The van der Waals surface area contributed by atoms with E-state index in [1.807, 2.05) is 19.1 Å². The average molecular weight is 513 g/mol. The van der Waals surface area contributed by atoms with E-state index in [1.165, 1.54) is 6.07 Å². The molecule has 0 aromatic heterocycles. The van der Waals surface area contributed by atoms with E-state index >= 15 is 0 Å². The Hall–Kier alpha value is -4.20. The summed E-state index contributed by atoms with van der Waals surface area (Å²) in [4.78, 5) is 42.8. The molecule has 0 saturated carbocycles. The molecule has 0 amide bonds. The quantitative estimate of drug-likeness (QED) is 0.181. The van der Waals surface area contributed by atoms with Gasteiger partial charge in [0.25, 0.3) is 0 Å². The number of aliphatic hydroxyl groups is 1. The summed E-state index contributed by atoms with van der Waals surface area (Å²) in [5, 5.41) is 16.1. The minimum Gasteiger partial charge on any atom is -0.422 e. The Morgan fingerprint density at radius 3 is 2.46 bits per heavy atom. The molecule has 184 valence electrons. The summed E-state index contributed by atoms with van der Waals surface area (Å²) in [6.07, 6.45) is 0. The van der Waals surface area contributed by atoms with Gasteiger partial charge in [0.1, 0.15) is 17.1 Å². The van der Waals surface area contributed by atoms with Gasteiger partial charge in [-0.25, -0.2) is 4.79 Å². The molecule has 3 aromatic carbocycles. The van der Waals surface area contributed by atoms with Crippen molar-refractivity contribution in [3.05, 3.63) is 123 Å². The highest BCUT2D eigenvalue weighted by Gasteiger charge is 2.56. The van der Waals surface area contributed by atoms with Gasteiger partial charge in [-0.05, 0) is 43.3 Å². The number of carbonyl (C=O) groups excluding carboxylic acids is 3. The minimum absolute atomic E-state index is 0.0441. The Kier molecular flexibility index (Phi) is 5.29. The lowest BCUT2D eigenvalue weighted by molar-refractivity contribution is -0.130. The zero-order valence-corrected chi connectivity index (χ0v) is 20.5. The van der Waals surface area contributed by atoms with Crippen molar-refractivity contribution in [2.45, 2.75) is 12.6 Å². The molecule has 3 heterocycles. The summed E-state index contributed by atoms with van der Waals surface area (Å²) in [5.74, 6) is -1.51. The molecule has 8 heteroatoms. The van der Waals surface area contributed by atoms with Gasteiger partial charge in [0.05, 0.1) is 11.1 Å². The van der Waals surface area contributed by atoms with Crippen LogP contribution in [0.25, 0.3) is 0 Å². The fourth-order valence-corrected chi connectivity index (χ4v) is 5.28. The van der Waals surface area contributed by atoms with Crippen molar-refractivity contribution >= 4 is 29.1 Å². The Morgan fingerprint density at radius 1 is 1.03 bits per heavy atom. The van der Waals surface area contributed by atoms with Crippen LogP contribution in [0.15, 0.2) is 95.3 Å². The molecule has 1 fully saturated rings. The smallest absolute Gasteiger partial charge is 0.348 e. The number of nitrogens with zero attached hydrogens (tertiary/aromatic N) is 1. The number of hydrogen-bond acceptors (Lipinski definition) is 7. The van der Waals surface area contributed by atoms with Crippen molar-refractivity contribution in [3.8, 4) is 5.75 Å². The standard InChI is InChI=1S/C29H21ClN2O5/c1-16-6-10-18(11-7-16)29(36)24(23-26(34)20-4-2-3-5-21(20)37-28(23)35)22(27-31-14-15-32(27)29)25(33)17-8-12-19(30)13-9-17/h2-13,31,36H,14-15H2,1H3. The third kappa shape index (κ3) is 3.43. The minimum atomic E-state index is -1.97. The molecule has 3 aliphatic heterocycles. The van der Waals surface area contributed by atoms with E-state index in [2.05, 4.69) is 5.32 Å². The van der Waals surface area contributed by atoms with E-state index in [0.717, 1.165) is 5.56 Å². The van der Waals surface area contributed by atoms with E-state index in [4.69, 9.17) is 16.3 Å². The third-order valence-electron chi connectivity index (χ3n) is 6.93. The van der Waals surface area contributed by atoms with Crippen LogP contribution in [0.1, 0.15) is 31.8 Å². The van der Waals surface area contributed by atoms with Gasteiger partial charge in [0.2, 0.25) is 5.78 Å². The van der Waals surface area contributed by atoms with E-state index in [-0.39, 0.29) is 28.0 Å². The number of rotatable bonds is 3. The number of benzene rings is 3. The average Bonchev–Trinajstić information content (AvgIpc) is 3.46. The van der Waals surface area contributed by atoms with Crippen LogP contribution in [-0.2, 0) is 10.5 Å². The first-order valence-corrected chi connectivity index (χ1v) is 12.1. The fourth-order valence-electron chi connectivity index (χ4n) is 5.16. The van der Waals surface area contributed by atoms with E-state index in [1.54, 1.807) is 59.5 Å². The van der Waals surface area contributed by atoms with Gasteiger partial charge in [-0.3, -0.25) is 9.59 Å². The van der Waals surface area contributed by atoms with E-state index in [9.17, 15) is 19.5 Å². The van der Waals surface area contributed by atoms with E-state index < -0.39 is 23.3 Å². The van der Waals surface area contributed by atoms with Crippen LogP contribution in [-0.4, -0.2) is 40.6 Å². The summed E-state index contributed by atoms with van der Waals surface area (Å²) in [5.41, 5.74) is -0.538. The number of halogens is 1. The predicted molar refractivity (Wildman–Crippen MR) is 136 cm³/mol. The summed E-state index contributed by atoms with van der Waals surface area (Å²) >= 11 is 6.04. The van der Waals surface area contributed by atoms with Crippen LogP contribution in [0.2, 0.25) is 5.02 Å². The lowest BCUT2D eigenvalue weighted by Crippen LogP contribution is -2.44. The highest BCUT2D eigenvalue weighted by molar-refractivity contribution is 6.31. The first-order chi connectivity index (χ1) is 17.8. The van der Waals surface area contributed by atoms with Crippen LogP contribution in [0.3, 0.4) is 0 Å². The number of aryl methyl sites for hydroxylation is 1. The Balaban J connectivity index is 1.66. The SMILES string of the molecule is Cc1ccc(C2(O)C(=C3C(=O)Oc4ccccc4C3=O)C(C(=O)c3ccc(Cl)cc3)=C3NCCN32)cc1. The molecule has 3 aliphatic rings. The molecule has 0 radical (unpaired) electrons. The second-order valence-electron chi connectivity index (χ2n) is 9.14. The molecule has 37 heavy (non-hydrogen) atoms. The molecule has 7 nitrogen and oxygen atoms in total. The van der Waals surface area contributed by atoms with Crippen molar-refractivity contribution in [2.75, 3.05) is 13.1 Å². The molecule has 1 atom stereocenters. The topological polar surface area (TPSA) is 95.9 Å². The number of Topliss-reactive ketones (excluding diaryl/α,β-unsaturated/α-hetero) is 2. The lowest BCUT2D eigenvalue weighted by Gasteiger charge is -2.36. The zero-order valence-electron chi connectivity index (χ0n) is 19.7. The number of ketones is 2. The molecule has 0 bridgehead atoms. The summed E-state index contributed by atoms with van der Waals surface area (Å²) < 4.78 is 5.53. The van der Waals surface area contributed by atoms with Gasteiger partial charge >= 0.3 is 5.97 Å². The maximum Gasteiger partial charge on any atom is 0.348 e. The van der Waals surface area contributed by atoms with Crippen molar-refractivity contribution < 1.29 is 24.2 Å². The monoisotopic (exact) mass is 512 g/mol. The number of para-hydroxylation sites is 1. The molecule has 0 aliphatic carbocycles. The normalized spacial score (nSPS) is 22.5. The fraction of sp³-hybridized carbons (Fsp3) is 0.138. The first-order valence-electron chi connectivity index (χ1n) is 11.8. The van der Waals surface area contributed by atoms with Crippen LogP contribution in [0.4, 0.5) is 0 Å². The number of hydrogen-bond donors (Lipinski definition) is 2. The Bertz CT molecular complexity index is 1560. The predicted octanol–water partition coefficient (Wildman–Crippen LogP) is 3.91. The van der Waals surface area contributed by atoms with Crippen molar-refractivity contribution in [2.24, 2.45) is 0 Å². The third-order valence-corrected chi connectivity index (χ3v) is 7.18. The van der Waals surface area contributed by atoms with E-state index in [0.29, 0.717) is 35.1 Å². The number of ether oxygens (including phenoxy) is 1. The van der Waals surface area contributed by atoms with Gasteiger partial charge < -0.3 is 20.1 Å². The Labute approximate surface area is 217 Å². The summed E-state index contributed by atoms with van der Waals surface area (Å²) in [6.45, 7) is 2.72. The van der Waals surface area contributed by atoms with Crippen LogP contribution in [0, 0.1) is 6.92 Å². The zero-order chi connectivity index (χ0) is 25.9. The molecule has 0 spiro atoms. The van der Waals surface area contributed by atoms with Crippen LogP contribution in [0.5, 0.6) is 5.75 Å². The Morgan fingerprint density at radius 2 is 1.73 bits per heavy atom. The summed E-state index contributed by atoms with van der Waals surface area (Å²) in [7, 11) is 0. The van der Waals surface area contributed by atoms with Gasteiger partial charge in [0.15, 0.2) is 11.5 Å². The molecule has 6 rings (SSSR count). The van der Waals surface area contributed by atoms with Gasteiger partial charge in [-0.15, -0.1) is 0 Å². The summed E-state index contributed by atoms with van der Waals surface area (Å²) in [6, 6.07) is 19.8. The van der Waals surface area contributed by atoms with Crippen molar-refractivity contribution in [3.63, 3.8) is 0 Å². The van der Waals surface area contributed by atoms with Crippen molar-refractivity contribution in [1.29, 1.82) is 0 Å². The molecule has 3 aromatic rings. The maximum atomic E-state index is 14.0. The molecule has 1 saturated heterocycles. The lowest BCUT2D eigenvalue weighted by atomic mass is 9.82. The van der Waals surface area contributed by atoms with Gasteiger partial charge in [0, 0.05) is 34.8 Å². The largest absolute Gasteiger partial charge is 0.422 e. The second-order valence-corrected chi connectivity index (χ2v) is 9.58. The van der Waals surface area contributed by atoms with Crippen LogP contribution < -0.4 is 10.1 Å². The number of nitrogens with one attached hydrogen (secondary N) is 1. The first kappa shape index (κ1) is 23.2. The number of carbonyl (C=O) groups is 3. The molecular weight excluding hydrogens is 492 g/mol. The molecule has 1 unspecified atom stereocenters. The van der Waals surface area contributed by atoms with Gasteiger partial charge in [-0.2, -0.15) is 0 Å². The van der Waals surface area contributed by atoms with Crippen molar-refractivity contribution in [1.82, 2.24) is 10.2 Å². The highest BCUT2D eigenvalue weighted by Crippen LogP contribution is 2.51. The highest BCUT2D eigenvalue weighted by atomic mass is 35.5. The van der Waals surface area contributed by atoms with Crippen LogP contribution >= 0.6 is 11.6 Å². The maximum absolute atomic E-state index is 14.0. The molecular formula is C29H21ClN2O5. The molecule has 2 N–H and O–H groups in total.